The number of carbonyl (C=O) groups excluding carboxylic acids is 2. The van der Waals surface area contributed by atoms with Crippen LogP contribution in [-0.2, 0) is 9.59 Å². The van der Waals surface area contributed by atoms with Crippen LogP contribution in [-0.4, -0.2) is 11.6 Å². The standard InChI is InChI=1S/C15H22O2/c1-3-13(17)15-7-11-4-12(8-15)6-14(5-11,9-15)10(2)16/h11-12H,3-9H2,1-2H3. The van der Waals surface area contributed by atoms with Gasteiger partial charge in [-0.1, -0.05) is 6.92 Å². The molecule has 2 unspecified atom stereocenters. The minimum Gasteiger partial charge on any atom is -0.299 e. The maximum Gasteiger partial charge on any atom is 0.138 e. The number of hydrogen-bond acceptors (Lipinski definition) is 2. The first-order valence-corrected chi connectivity index (χ1v) is 7.04. The predicted molar refractivity (Wildman–Crippen MR) is 65.5 cm³/mol. The summed E-state index contributed by atoms with van der Waals surface area (Å²) in [4.78, 5) is 24.4. The number of carbonyl (C=O) groups is 2. The van der Waals surface area contributed by atoms with Crippen LogP contribution >= 0.6 is 0 Å². The van der Waals surface area contributed by atoms with Crippen molar-refractivity contribution in [1.29, 1.82) is 0 Å². The van der Waals surface area contributed by atoms with E-state index in [-0.39, 0.29) is 10.8 Å². The highest BCUT2D eigenvalue weighted by atomic mass is 16.1. The van der Waals surface area contributed by atoms with E-state index in [9.17, 15) is 9.59 Å². The number of Topliss-reactive ketones (excluding diaryl/α,β-unsaturated/α-hetero) is 2. The number of hydrogen-bond donors (Lipinski definition) is 0. The van der Waals surface area contributed by atoms with Crippen molar-refractivity contribution in [3.63, 3.8) is 0 Å². The van der Waals surface area contributed by atoms with Gasteiger partial charge in [-0.2, -0.15) is 0 Å². The molecule has 0 N–H and O–H groups in total. The first kappa shape index (κ1) is 11.4. The zero-order valence-corrected chi connectivity index (χ0v) is 10.9. The molecule has 17 heavy (non-hydrogen) atoms. The van der Waals surface area contributed by atoms with E-state index >= 15 is 0 Å². The molecule has 0 radical (unpaired) electrons. The molecule has 2 atom stereocenters. The first-order chi connectivity index (χ1) is 8.00. The van der Waals surface area contributed by atoms with Crippen molar-refractivity contribution in [3.05, 3.63) is 0 Å². The summed E-state index contributed by atoms with van der Waals surface area (Å²) in [6.45, 7) is 3.72. The summed E-state index contributed by atoms with van der Waals surface area (Å²) in [7, 11) is 0. The van der Waals surface area contributed by atoms with Crippen molar-refractivity contribution in [3.8, 4) is 0 Å². The smallest absolute Gasteiger partial charge is 0.138 e. The SMILES string of the molecule is CCC(=O)C12CC3CC(CC(C(C)=O)(C3)C1)C2. The van der Waals surface area contributed by atoms with E-state index in [4.69, 9.17) is 0 Å². The van der Waals surface area contributed by atoms with Crippen LogP contribution < -0.4 is 0 Å². The zero-order valence-electron chi connectivity index (χ0n) is 10.9. The molecule has 94 valence electrons. The molecule has 4 aliphatic rings. The van der Waals surface area contributed by atoms with E-state index in [1.165, 1.54) is 6.42 Å². The molecule has 0 aliphatic heterocycles. The van der Waals surface area contributed by atoms with Gasteiger partial charge >= 0.3 is 0 Å². The van der Waals surface area contributed by atoms with E-state index in [2.05, 4.69) is 0 Å². The highest BCUT2D eigenvalue weighted by molar-refractivity contribution is 5.89. The van der Waals surface area contributed by atoms with Crippen LogP contribution in [0.4, 0.5) is 0 Å². The Bertz CT molecular complexity index is 368. The Balaban J connectivity index is 2.00. The largest absolute Gasteiger partial charge is 0.299 e. The Labute approximate surface area is 103 Å². The third-order valence-corrected chi connectivity index (χ3v) is 5.72. The summed E-state index contributed by atoms with van der Waals surface area (Å²) in [6.07, 6.45) is 7.07. The fraction of sp³-hybridized carbons (Fsp3) is 0.867. The Morgan fingerprint density at radius 3 is 2.06 bits per heavy atom. The number of ketones is 2. The van der Waals surface area contributed by atoms with Gasteiger partial charge in [0, 0.05) is 17.3 Å². The fourth-order valence-electron chi connectivity index (χ4n) is 5.38. The van der Waals surface area contributed by atoms with Gasteiger partial charge in [0.2, 0.25) is 0 Å². The van der Waals surface area contributed by atoms with Crippen LogP contribution in [0, 0.1) is 22.7 Å². The second kappa shape index (κ2) is 3.43. The van der Waals surface area contributed by atoms with Gasteiger partial charge < -0.3 is 0 Å². The van der Waals surface area contributed by atoms with Crippen molar-refractivity contribution in [2.75, 3.05) is 0 Å². The summed E-state index contributed by atoms with van der Waals surface area (Å²) in [6, 6.07) is 0. The van der Waals surface area contributed by atoms with Gasteiger partial charge in [0.25, 0.3) is 0 Å². The Morgan fingerprint density at radius 1 is 1.06 bits per heavy atom. The van der Waals surface area contributed by atoms with E-state index in [0.29, 0.717) is 29.8 Å². The summed E-state index contributed by atoms with van der Waals surface area (Å²) in [5, 5.41) is 0. The molecule has 4 rings (SSSR count). The van der Waals surface area contributed by atoms with Crippen molar-refractivity contribution in [1.82, 2.24) is 0 Å². The van der Waals surface area contributed by atoms with Crippen molar-refractivity contribution in [2.24, 2.45) is 22.7 Å². The fourth-order valence-corrected chi connectivity index (χ4v) is 5.38. The first-order valence-electron chi connectivity index (χ1n) is 7.04. The minimum absolute atomic E-state index is 0.107. The molecule has 2 nitrogen and oxygen atoms in total. The molecule has 2 heteroatoms. The molecule has 4 bridgehead atoms. The Kier molecular flexibility index (Phi) is 2.30. The van der Waals surface area contributed by atoms with Gasteiger partial charge in [0.1, 0.15) is 11.6 Å². The summed E-state index contributed by atoms with van der Waals surface area (Å²) in [5.41, 5.74) is -0.223. The summed E-state index contributed by atoms with van der Waals surface area (Å²) in [5.74, 6) is 2.07. The minimum atomic E-state index is -0.116. The van der Waals surface area contributed by atoms with Gasteiger partial charge in [-0.25, -0.2) is 0 Å². The third-order valence-electron chi connectivity index (χ3n) is 5.72. The van der Waals surface area contributed by atoms with Crippen LogP contribution in [0.5, 0.6) is 0 Å². The lowest BCUT2D eigenvalue weighted by atomic mass is 9.42. The van der Waals surface area contributed by atoms with Gasteiger partial charge in [-0.15, -0.1) is 0 Å². The normalized spacial score (nSPS) is 47.2. The van der Waals surface area contributed by atoms with Crippen LogP contribution in [0.1, 0.15) is 58.8 Å². The topological polar surface area (TPSA) is 34.1 Å². The molecule has 0 aromatic carbocycles. The van der Waals surface area contributed by atoms with Crippen LogP contribution in [0.25, 0.3) is 0 Å². The highest BCUT2D eigenvalue weighted by Crippen LogP contribution is 2.65. The van der Waals surface area contributed by atoms with Gasteiger partial charge in [-0.05, 0) is 57.3 Å². The van der Waals surface area contributed by atoms with E-state index in [0.717, 1.165) is 32.1 Å². The van der Waals surface area contributed by atoms with E-state index in [1.54, 1.807) is 6.92 Å². The van der Waals surface area contributed by atoms with Gasteiger partial charge in [0.15, 0.2) is 0 Å². The van der Waals surface area contributed by atoms with E-state index in [1.807, 2.05) is 6.92 Å². The van der Waals surface area contributed by atoms with Crippen molar-refractivity contribution >= 4 is 11.6 Å². The lowest BCUT2D eigenvalue weighted by Crippen LogP contribution is -2.57. The maximum atomic E-state index is 12.3. The molecule has 0 heterocycles. The van der Waals surface area contributed by atoms with Crippen molar-refractivity contribution in [2.45, 2.75) is 58.8 Å². The monoisotopic (exact) mass is 234 g/mol. The molecule has 4 saturated carbocycles. The van der Waals surface area contributed by atoms with Gasteiger partial charge in [0.05, 0.1) is 0 Å². The average molecular weight is 234 g/mol. The highest BCUT2D eigenvalue weighted by Gasteiger charge is 2.61. The average Bonchev–Trinajstić information content (AvgIpc) is 2.26. The second-order valence-electron chi connectivity index (χ2n) is 6.85. The maximum absolute atomic E-state index is 12.3. The van der Waals surface area contributed by atoms with Crippen molar-refractivity contribution < 1.29 is 9.59 Å². The molecule has 4 aliphatic carbocycles. The molecule has 0 aromatic rings. The number of rotatable bonds is 3. The lowest BCUT2D eigenvalue weighted by Gasteiger charge is -2.60. The molecular weight excluding hydrogens is 212 g/mol. The van der Waals surface area contributed by atoms with Crippen LogP contribution in [0.3, 0.4) is 0 Å². The molecule has 0 saturated heterocycles. The molecule has 0 spiro atoms. The van der Waals surface area contributed by atoms with Crippen LogP contribution in [0.2, 0.25) is 0 Å². The second-order valence-corrected chi connectivity index (χ2v) is 6.85. The molecular formula is C15H22O2. The molecule has 4 fully saturated rings. The quantitative estimate of drug-likeness (QED) is 0.751. The molecule has 0 aromatic heterocycles. The third kappa shape index (κ3) is 1.45. The van der Waals surface area contributed by atoms with Crippen LogP contribution in [0.15, 0.2) is 0 Å². The molecule has 0 amide bonds. The summed E-state index contributed by atoms with van der Waals surface area (Å²) >= 11 is 0. The zero-order chi connectivity index (χ0) is 12.3. The predicted octanol–water partition coefficient (Wildman–Crippen LogP) is 3.14. The Hall–Kier alpha value is -0.660. The van der Waals surface area contributed by atoms with E-state index < -0.39 is 0 Å². The Morgan fingerprint density at radius 2 is 1.59 bits per heavy atom. The lowest BCUT2D eigenvalue weighted by molar-refractivity contribution is -0.163. The summed E-state index contributed by atoms with van der Waals surface area (Å²) < 4.78 is 0. The van der Waals surface area contributed by atoms with Gasteiger partial charge in [-0.3, -0.25) is 9.59 Å².